The van der Waals surface area contributed by atoms with E-state index in [9.17, 15) is 9.18 Å². The van der Waals surface area contributed by atoms with Crippen LogP contribution < -0.4 is 5.32 Å². The van der Waals surface area contributed by atoms with E-state index in [1.54, 1.807) is 17.0 Å². The first-order valence-electron chi connectivity index (χ1n) is 9.30. The third-order valence-electron chi connectivity index (χ3n) is 4.90. The molecule has 6 nitrogen and oxygen atoms in total. The van der Waals surface area contributed by atoms with Gasteiger partial charge in [-0.15, -0.1) is 0 Å². The first-order chi connectivity index (χ1) is 13.6. The Morgan fingerprint density at radius 2 is 1.93 bits per heavy atom. The second-order valence-electron chi connectivity index (χ2n) is 7.04. The van der Waals surface area contributed by atoms with Gasteiger partial charge in [0, 0.05) is 24.3 Å². The zero-order valence-corrected chi connectivity index (χ0v) is 15.6. The van der Waals surface area contributed by atoms with Gasteiger partial charge in [-0.05, 0) is 56.2 Å². The first kappa shape index (κ1) is 18.2. The lowest BCUT2D eigenvalue weighted by molar-refractivity contribution is 0.184. The highest BCUT2D eigenvalue weighted by molar-refractivity contribution is 5.89. The van der Waals surface area contributed by atoms with Crippen molar-refractivity contribution < 1.29 is 13.7 Å². The molecule has 4 rings (SSSR count). The van der Waals surface area contributed by atoms with E-state index in [0.29, 0.717) is 30.4 Å². The van der Waals surface area contributed by atoms with Crippen molar-refractivity contribution in [2.24, 2.45) is 0 Å². The normalized spacial score (nSPS) is 16.8. The fourth-order valence-corrected chi connectivity index (χ4v) is 3.32. The number of anilines is 1. The number of carbonyl (C=O) groups excluding carboxylic acids is 1. The number of carbonyl (C=O) groups is 1. The number of piperidine rings is 1. The number of nitrogens with zero attached hydrogens (tertiary/aromatic N) is 3. The molecular weight excluding hydrogens is 359 g/mol. The molecule has 3 aromatic rings. The smallest absolute Gasteiger partial charge is 0.321 e. The molecule has 144 valence electrons. The number of urea groups is 1. The summed E-state index contributed by atoms with van der Waals surface area (Å²) in [5, 5.41) is 6.94. The molecule has 1 fully saturated rings. The summed E-state index contributed by atoms with van der Waals surface area (Å²) in [4.78, 5) is 18.8. The summed E-state index contributed by atoms with van der Waals surface area (Å²) in [6, 6.07) is 13.5. The van der Waals surface area contributed by atoms with Gasteiger partial charge < -0.3 is 14.7 Å². The van der Waals surface area contributed by atoms with Crippen LogP contribution in [0.25, 0.3) is 11.4 Å². The van der Waals surface area contributed by atoms with E-state index in [-0.39, 0.29) is 17.8 Å². The number of nitrogens with one attached hydrogen (secondary N) is 1. The minimum atomic E-state index is -0.310. The van der Waals surface area contributed by atoms with Crippen molar-refractivity contribution in [2.45, 2.75) is 25.7 Å². The average Bonchev–Trinajstić information content (AvgIpc) is 3.21. The molecule has 1 aliphatic heterocycles. The Morgan fingerprint density at radius 1 is 1.18 bits per heavy atom. The third-order valence-corrected chi connectivity index (χ3v) is 4.90. The van der Waals surface area contributed by atoms with Crippen molar-refractivity contribution in [1.29, 1.82) is 0 Å². The molecule has 0 radical (unpaired) electrons. The molecule has 2 heterocycles. The largest absolute Gasteiger partial charge is 0.339 e. The van der Waals surface area contributed by atoms with E-state index in [2.05, 4.69) is 15.5 Å². The third kappa shape index (κ3) is 4.03. The summed E-state index contributed by atoms with van der Waals surface area (Å²) < 4.78 is 18.5. The van der Waals surface area contributed by atoms with Gasteiger partial charge in [-0.25, -0.2) is 9.18 Å². The van der Waals surface area contributed by atoms with Crippen molar-refractivity contribution in [2.75, 3.05) is 18.4 Å². The molecule has 1 N–H and O–H groups in total. The Kier molecular flexibility index (Phi) is 5.06. The van der Waals surface area contributed by atoms with Crippen LogP contribution >= 0.6 is 0 Å². The number of aryl methyl sites for hydroxylation is 1. The predicted octanol–water partition coefficient (Wildman–Crippen LogP) is 4.60. The van der Waals surface area contributed by atoms with E-state index in [1.807, 2.05) is 31.2 Å². The van der Waals surface area contributed by atoms with Gasteiger partial charge in [0.2, 0.25) is 11.7 Å². The monoisotopic (exact) mass is 380 g/mol. The van der Waals surface area contributed by atoms with Gasteiger partial charge in [-0.1, -0.05) is 22.9 Å². The number of amides is 2. The Bertz CT molecular complexity index is 953. The molecule has 1 saturated heterocycles. The number of aromatic nitrogens is 2. The van der Waals surface area contributed by atoms with E-state index in [4.69, 9.17) is 4.52 Å². The summed E-state index contributed by atoms with van der Waals surface area (Å²) in [6.07, 6.45) is 1.74. The highest BCUT2D eigenvalue weighted by atomic mass is 19.1. The Hall–Kier alpha value is -3.22. The molecule has 2 aromatic carbocycles. The summed E-state index contributed by atoms with van der Waals surface area (Å²) in [5.74, 6) is 0.609. The Labute approximate surface area is 162 Å². The van der Waals surface area contributed by atoms with Crippen molar-refractivity contribution in [3.8, 4) is 11.4 Å². The number of benzene rings is 2. The maximum atomic E-state index is 13.1. The lowest BCUT2D eigenvalue weighted by Crippen LogP contribution is -2.41. The van der Waals surface area contributed by atoms with E-state index in [0.717, 1.165) is 24.1 Å². The standard InChI is InChI=1S/C21H21FN4O2/c1-14-4-10-18(11-5-14)23-21(27)26-12-2-3-16(13-26)20-24-19(25-28-20)15-6-8-17(22)9-7-15/h4-11,16H,2-3,12-13H2,1H3,(H,23,27)/t16-/m0/s1. The van der Waals surface area contributed by atoms with E-state index in [1.165, 1.54) is 12.1 Å². The highest BCUT2D eigenvalue weighted by Crippen LogP contribution is 2.28. The second-order valence-corrected chi connectivity index (χ2v) is 7.04. The van der Waals surface area contributed by atoms with Crippen LogP contribution in [0.5, 0.6) is 0 Å². The molecule has 0 bridgehead atoms. The lowest BCUT2D eigenvalue weighted by Gasteiger charge is -2.31. The van der Waals surface area contributed by atoms with Crippen LogP contribution in [-0.2, 0) is 0 Å². The van der Waals surface area contributed by atoms with Crippen LogP contribution in [0.15, 0.2) is 53.1 Å². The number of hydrogen-bond acceptors (Lipinski definition) is 4. The Balaban J connectivity index is 1.43. The van der Waals surface area contributed by atoms with Gasteiger partial charge in [0.05, 0.1) is 5.92 Å². The molecule has 7 heteroatoms. The molecule has 28 heavy (non-hydrogen) atoms. The number of halogens is 1. The molecular formula is C21H21FN4O2. The molecule has 0 saturated carbocycles. The molecule has 0 spiro atoms. The highest BCUT2D eigenvalue weighted by Gasteiger charge is 2.28. The summed E-state index contributed by atoms with van der Waals surface area (Å²) in [5.41, 5.74) is 2.61. The lowest BCUT2D eigenvalue weighted by atomic mass is 9.98. The minimum absolute atomic E-state index is 0.0146. The summed E-state index contributed by atoms with van der Waals surface area (Å²) in [6.45, 7) is 3.21. The number of rotatable bonds is 3. The first-order valence-corrected chi connectivity index (χ1v) is 9.30. The van der Waals surface area contributed by atoms with Crippen molar-refractivity contribution >= 4 is 11.7 Å². The van der Waals surface area contributed by atoms with Gasteiger partial charge in [0.1, 0.15) is 5.82 Å². The van der Waals surface area contributed by atoms with Crippen molar-refractivity contribution in [3.05, 3.63) is 65.8 Å². The van der Waals surface area contributed by atoms with E-state index >= 15 is 0 Å². The van der Waals surface area contributed by atoms with Crippen molar-refractivity contribution in [3.63, 3.8) is 0 Å². The van der Waals surface area contributed by atoms with E-state index < -0.39 is 0 Å². The molecule has 0 unspecified atom stereocenters. The van der Waals surface area contributed by atoms with Crippen LogP contribution in [0.1, 0.15) is 30.2 Å². The summed E-state index contributed by atoms with van der Waals surface area (Å²) in [7, 11) is 0. The number of hydrogen-bond donors (Lipinski definition) is 1. The SMILES string of the molecule is Cc1ccc(NC(=O)N2CCC[C@H](c3nc(-c4ccc(F)cc4)no3)C2)cc1. The topological polar surface area (TPSA) is 71.3 Å². The Morgan fingerprint density at radius 3 is 2.68 bits per heavy atom. The minimum Gasteiger partial charge on any atom is -0.339 e. The average molecular weight is 380 g/mol. The van der Waals surface area contributed by atoms with Gasteiger partial charge in [-0.2, -0.15) is 4.98 Å². The number of likely N-dealkylation sites (tertiary alicyclic amines) is 1. The maximum Gasteiger partial charge on any atom is 0.321 e. The van der Waals surface area contributed by atoms with Crippen LogP contribution in [0.4, 0.5) is 14.9 Å². The quantitative estimate of drug-likeness (QED) is 0.721. The van der Waals surface area contributed by atoms with Gasteiger partial charge >= 0.3 is 6.03 Å². The maximum absolute atomic E-state index is 13.1. The van der Waals surface area contributed by atoms with Gasteiger partial charge in [0.15, 0.2) is 0 Å². The summed E-state index contributed by atoms with van der Waals surface area (Å²) >= 11 is 0. The van der Waals surface area contributed by atoms with Crippen LogP contribution in [0, 0.1) is 12.7 Å². The molecule has 1 atom stereocenters. The van der Waals surface area contributed by atoms with Crippen LogP contribution in [0.2, 0.25) is 0 Å². The zero-order chi connectivity index (χ0) is 19.5. The predicted molar refractivity (Wildman–Crippen MR) is 103 cm³/mol. The fraction of sp³-hybridized carbons (Fsp3) is 0.286. The second kappa shape index (κ2) is 7.80. The van der Waals surface area contributed by atoms with Gasteiger partial charge in [-0.3, -0.25) is 0 Å². The molecule has 1 aromatic heterocycles. The fourth-order valence-electron chi connectivity index (χ4n) is 3.32. The molecule has 0 aliphatic carbocycles. The van der Waals surface area contributed by atoms with Gasteiger partial charge in [0.25, 0.3) is 0 Å². The van der Waals surface area contributed by atoms with Crippen LogP contribution in [-0.4, -0.2) is 34.2 Å². The van der Waals surface area contributed by atoms with Crippen LogP contribution in [0.3, 0.4) is 0 Å². The van der Waals surface area contributed by atoms with Crippen molar-refractivity contribution in [1.82, 2.24) is 15.0 Å². The molecule has 2 amide bonds. The molecule has 1 aliphatic rings. The zero-order valence-electron chi connectivity index (χ0n) is 15.6.